The molecule has 0 aliphatic heterocycles. The molecule has 0 aliphatic rings. The van der Waals surface area contributed by atoms with Gasteiger partial charge in [-0.25, -0.2) is 4.39 Å². The van der Waals surface area contributed by atoms with Gasteiger partial charge in [-0.2, -0.15) is 13.2 Å². The van der Waals surface area contributed by atoms with Crippen LogP contribution in [0.4, 0.5) is 17.6 Å². The van der Waals surface area contributed by atoms with Gasteiger partial charge in [0.1, 0.15) is 5.83 Å². The molecule has 0 unspecified atom stereocenters. The summed E-state index contributed by atoms with van der Waals surface area (Å²) in [7, 11) is 0. The van der Waals surface area contributed by atoms with Crippen molar-refractivity contribution in [2.45, 2.75) is 12.7 Å². The van der Waals surface area contributed by atoms with E-state index in [-0.39, 0.29) is 27.8 Å². The van der Waals surface area contributed by atoms with Gasteiger partial charge in [0, 0.05) is 23.4 Å². The maximum atomic E-state index is 13.9. The van der Waals surface area contributed by atoms with Crippen molar-refractivity contribution in [3.05, 3.63) is 92.5 Å². The van der Waals surface area contributed by atoms with Crippen LogP contribution in [0.2, 0.25) is 5.02 Å². The zero-order chi connectivity index (χ0) is 20.4. The summed E-state index contributed by atoms with van der Waals surface area (Å²) in [4.78, 5) is 12.1. The Bertz CT molecular complexity index is 992. The zero-order valence-electron chi connectivity index (χ0n) is 13.8. The van der Waals surface area contributed by atoms with Crippen molar-refractivity contribution < 1.29 is 17.6 Å². The van der Waals surface area contributed by atoms with Crippen LogP contribution in [-0.2, 0) is 12.7 Å². The van der Waals surface area contributed by atoms with Crippen molar-refractivity contribution in [3.63, 3.8) is 0 Å². The number of hydrogen-bond donors (Lipinski definition) is 0. The van der Waals surface area contributed by atoms with Crippen LogP contribution in [0.5, 0.6) is 0 Å². The lowest BCUT2D eigenvalue weighted by molar-refractivity contribution is -0.137. The highest BCUT2D eigenvalue weighted by molar-refractivity contribution is 9.10. The van der Waals surface area contributed by atoms with E-state index in [1.807, 2.05) is 0 Å². The van der Waals surface area contributed by atoms with Crippen molar-refractivity contribution in [2.75, 3.05) is 0 Å². The van der Waals surface area contributed by atoms with E-state index < -0.39 is 28.0 Å². The number of nitrogens with zero attached hydrogens (tertiary/aromatic N) is 1. The number of allylic oxidation sites excluding steroid dienone is 4. The van der Waals surface area contributed by atoms with E-state index in [1.54, 1.807) is 0 Å². The average molecular weight is 463 g/mol. The Morgan fingerprint density at radius 3 is 2.48 bits per heavy atom. The summed E-state index contributed by atoms with van der Waals surface area (Å²) in [5, 5.41) is -0.547. The van der Waals surface area contributed by atoms with Gasteiger partial charge < -0.3 is 4.57 Å². The number of aromatic nitrogens is 1. The minimum atomic E-state index is -4.66. The van der Waals surface area contributed by atoms with Crippen LogP contribution in [0.15, 0.2) is 76.4 Å². The van der Waals surface area contributed by atoms with Gasteiger partial charge in [-0.1, -0.05) is 43.0 Å². The number of pyridine rings is 1. The first-order valence-corrected chi connectivity index (χ1v) is 8.66. The lowest BCUT2D eigenvalue weighted by Gasteiger charge is -2.18. The quantitative estimate of drug-likeness (QED) is 0.365. The van der Waals surface area contributed by atoms with Crippen molar-refractivity contribution in [2.24, 2.45) is 0 Å². The summed E-state index contributed by atoms with van der Waals surface area (Å²) in [6, 6.07) is 4.53. The molecule has 0 amide bonds. The van der Waals surface area contributed by atoms with Gasteiger partial charge in [0.2, 0.25) is 0 Å². The highest BCUT2D eigenvalue weighted by Gasteiger charge is 2.34. The molecule has 1 heterocycles. The molecular weight excluding hydrogens is 450 g/mol. The van der Waals surface area contributed by atoms with E-state index in [4.69, 9.17) is 11.6 Å². The molecule has 8 heteroatoms. The van der Waals surface area contributed by atoms with Gasteiger partial charge >= 0.3 is 6.18 Å². The third-order valence-electron chi connectivity index (χ3n) is 3.73. The minimum Gasteiger partial charge on any atom is -0.342 e. The average Bonchev–Trinajstić information content (AvgIpc) is 2.61. The van der Waals surface area contributed by atoms with Crippen molar-refractivity contribution in [1.29, 1.82) is 0 Å². The predicted octanol–water partition coefficient (Wildman–Crippen LogP) is 6.55. The van der Waals surface area contributed by atoms with Crippen molar-refractivity contribution in [1.82, 2.24) is 4.57 Å². The van der Waals surface area contributed by atoms with E-state index in [0.29, 0.717) is 0 Å². The lowest BCUT2D eigenvalue weighted by atomic mass is 10.1. The minimum absolute atomic E-state index is 0.00137. The largest absolute Gasteiger partial charge is 0.417 e. The fourth-order valence-corrected chi connectivity index (χ4v) is 3.10. The maximum absolute atomic E-state index is 13.9. The van der Waals surface area contributed by atoms with Gasteiger partial charge in [0.15, 0.2) is 5.43 Å². The molecule has 0 aliphatic carbocycles. The molecule has 27 heavy (non-hydrogen) atoms. The van der Waals surface area contributed by atoms with Crippen LogP contribution in [0.1, 0.15) is 5.56 Å². The molecule has 2 aromatic rings. The normalized spacial score (nSPS) is 12.5. The summed E-state index contributed by atoms with van der Waals surface area (Å²) >= 11 is 9.06. The number of hydrogen-bond acceptors (Lipinski definition) is 1. The topological polar surface area (TPSA) is 22.0 Å². The number of halogens is 6. The Morgan fingerprint density at radius 2 is 1.93 bits per heavy atom. The Balaban J connectivity index is 2.75. The summed E-state index contributed by atoms with van der Waals surface area (Å²) in [6.45, 7) is 6.77. The van der Waals surface area contributed by atoms with Crippen LogP contribution in [0.25, 0.3) is 11.3 Å². The molecule has 142 valence electrons. The molecule has 0 atom stereocenters. The second-order valence-corrected chi connectivity index (χ2v) is 6.68. The third kappa shape index (κ3) is 4.59. The third-order valence-corrected chi connectivity index (χ3v) is 4.74. The highest BCUT2D eigenvalue weighted by atomic mass is 79.9. The molecule has 0 spiro atoms. The van der Waals surface area contributed by atoms with Gasteiger partial charge in [-0.3, -0.25) is 4.79 Å². The van der Waals surface area contributed by atoms with Crippen LogP contribution in [-0.4, -0.2) is 4.57 Å². The van der Waals surface area contributed by atoms with Crippen molar-refractivity contribution in [3.8, 4) is 11.3 Å². The first-order valence-electron chi connectivity index (χ1n) is 7.49. The highest BCUT2D eigenvalue weighted by Crippen LogP contribution is 2.39. The molecule has 2 rings (SSSR count). The van der Waals surface area contributed by atoms with E-state index >= 15 is 0 Å². The molecule has 1 aromatic carbocycles. The lowest BCUT2D eigenvalue weighted by Crippen LogP contribution is -2.13. The van der Waals surface area contributed by atoms with Crippen LogP contribution < -0.4 is 5.43 Å². The van der Waals surface area contributed by atoms with E-state index in [0.717, 1.165) is 18.2 Å². The molecule has 0 N–H and O–H groups in total. The second-order valence-electron chi connectivity index (χ2n) is 5.45. The van der Waals surface area contributed by atoms with Gasteiger partial charge in [-0.15, -0.1) is 0 Å². The first kappa shape index (κ1) is 21.2. The van der Waals surface area contributed by atoms with E-state index in [1.165, 1.54) is 29.0 Å². The van der Waals surface area contributed by atoms with E-state index in [2.05, 4.69) is 29.1 Å². The first-order chi connectivity index (χ1) is 12.6. The van der Waals surface area contributed by atoms with Crippen LogP contribution in [0, 0.1) is 0 Å². The molecule has 0 bridgehead atoms. The summed E-state index contributed by atoms with van der Waals surface area (Å²) in [5.74, 6) is -0.638. The SMILES string of the molecule is C=C/C(F)=C(\C=C)Cn1cc(Br)c(=O)cc1-c1cccc(C(F)(F)F)c1Cl. The smallest absolute Gasteiger partial charge is 0.342 e. The Hall–Kier alpha value is -2.12. The fourth-order valence-electron chi connectivity index (χ4n) is 2.41. The molecule has 0 fully saturated rings. The zero-order valence-corrected chi connectivity index (χ0v) is 16.1. The predicted molar refractivity (Wildman–Crippen MR) is 102 cm³/mol. The van der Waals surface area contributed by atoms with Crippen LogP contribution in [0.3, 0.4) is 0 Å². The maximum Gasteiger partial charge on any atom is 0.417 e. The number of alkyl halides is 3. The number of benzene rings is 1. The molecular formula is C19H13BrClF4NO. The number of rotatable bonds is 5. The van der Waals surface area contributed by atoms with Crippen LogP contribution >= 0.6 is 27.5 Å². The van der Waals surface area contributed by atoms with Gasteiger partial charge in [0.05, 0.1) is 27.3 Å². The Morgan fingerprint density at radius 1 is 1.26 bits per heavy atom. The standard InChI is InChI=1S/C19H13BrClF4NO/c1-3-11(15(22)4-2)9-26-10-14(20)17(27)8-16(26)12-6-5-7-13(18(12)21)19(23,24)25/h3-8,10H,1-2,9H2/b15-11-. The molecule has 1 aromatic heterocycles. The fraction of sp³-hybridized carbons (Fsp3) is 0.105. The summed E-state index contributed by atoms with van der Waals surface area (Å²) < 4.78 is 55.0. The molecule has 0 radical (unpaired) electrons. The van der Waals surface area contributed by atoms with E-state index in [9.17, 15) is 22.4 Å². The van der Waals surface area contributed by atoms with Gasteiger partial charge in [0.25, 0.3) is 0 Å². The second kappa shape index (κ2) is 8.27. The Labute approximate surface area is 166 Å². The monoisotopic (exact) mass is 461 g/mol. The summed E-state index contributed by atoms with van der Waals surface area (Å²) in [6.07, 6.45) is -1.05. The Kier molecular flexibility index (Phi) is 6.49. The molecule has 2 nitrogen and oxygen atoms in total. The molecule has 0 saturated carbocycles. The van der Waals surface area contributed by atoms with Crippen molar-refractivity contribution >= 4 is 27.5 Å². The van der Waals surface area contributed by atoms with Gasteiger partial charge in [-0.05, 0) is 28.1 Å². The summed E-state index contributed by atoms with van der Waals surface area (Å²) in [5.41, 5.74) is -1.23. The molecule has 0 saturated heterocycles.